The SMILES string of the molecule is COc1c(C(=O)N2Cc3c(CN(C)C)ccn3Cc3ccccc32)cccc1-c1ccc(-c2ccccc2)c(C(N)=O)c1. The first-order chi connectivity index (χ1) is 20.9. The summed E-state index contributed by atoms with van der Waals surface area (Å²) in [5, 5.41) is 0. The van der Waals surface area contributed by atoms with Crippen LogP contribution in [-0.2, 0) is 19.6 Å². The average molecular weight is 571 g/mol. The van der Waals surface area contributed by atoms with Crippen LogP contribution in [0.1, 0.15) is 37.5 Å². The van der Waals surface area contributed by atoms with E-state index >= 15 is 0 Å². The number of nitrogens with two attached hydrogens (primary N) is 1. The fourth-order valence-electron chi connectivity index (χ4n) is 5.97. The predicted molar refractivity (Wildman–Crippen MR) is 170 cm³/mol. The summed E-state index contributed by atoms with van der Waals surface area (Å²) in [5.41, 5.74) is 14.0. The molecule has 2 N–H and O–H groups in total. The third kappa shape index (κ3) is 5.31. The van der Waals surface area contributed by atoms with E-state index in [4.69, 9.17) is 10.5 Å². The molecule has 2 heterocycles. The number of primary amides is 1. The second-order valence-corrected chi connectivity index (χ2v) is 11.1. The zero-order chi connectivity index (χ0) is 30.1. The van der Waals surface area contributed by atoms with Crippen LogP contribution in [0.2, 0.25) is 0 Å². The topological polar surface area (TPSA) is 80.8 Å². The molecule has 216 valence electrons. The molecule has 0 unspecified atom stereocenters. The summed E-state index contributed by atoms with van der Waals surface area (Å²) >= 11 is 0. The quantitative estimate of drug-likeness (QED) is 0.253. The van der Waals surface area contributed by atoms with Crippen LogP contribution in [0.4, 0.5) is 5.69 Å². The van der Waals surface area contributed by atoms with Gasteiger partial charge in [-0.25, -0.2) is 0 Å². The van der Waals surface area contributed by atoms with E-state index in [0.29, 0.717) is 35.5 Å². The number of carbonyl (C=O) groups is 2. The van der Waals surface area contributed by atoms with Crippen molar-refractivity contribution in [1.82, 2.24) is 9.47 Å². The Bertz CT molecular complexity index is 1820. The average Bonchev–Trinajstić information content (AvgIpc) is 3.29. The Labute approximate surface area is 251 Å². The van der Waals surface area contributed by atoms with Crippen LogP contribution < -0.4 is 15.4 Å². The Morgan fingerprint density at radius 2 is 1.58 bits per heavy atom. The fraction of sp³-hybridized carbons (Fsp3) is 0.167. The van der Waals surface area contributed by atoms with Crippen molar-refractivity contribution < 1.29 is 14.3 Å². The first-order valence-electron chi connectivity index (χ1n) is 14.2. The van der Waals surface area contributed by atoms with Crippen molar-refractivity contribution in [2.24, 2.45) is 5.73 Å². The number of aromatic nitrogens is 1. The van der Waals surface area contributed by atoms with E-state index in [9.17, 15) is 9.59 Å². The molecular weight excluding hydrogens is 536 g/mol. The maximum Gasteiger partial charge on any atom is 0.262 e. The summed E-state index contributed by atoms with van der Waals surface area (Å²) in [5.74, 6) is -0.238. The van der Waals surface area contributed by atoms with E-state index in [1.165, 1.54) is 5.56 Å². The third-order valence-electron chi connectivity index (χ3n) is 7.97. The number of para-hydroxylation sites is 2. The lowest BCUT2D eigenvalue weighted by molar-refractivity contribution is 0.0978. The van der Waals surface area contributed by atoms with Crippen LogP contribution in [0.3, 0.4) is 0 Å². The third-order valence-corrected chi connectivity index (χ3v) is 7.97. The Morgan fingerprint density at radius 3 is 2.33 bits per heavy atom. The van der Waals surface area contributed by atoms with Gasteiger partial charge < -0.3 is 24.8 Å². The number of rotatable bonds is 7. The largest absolute Gasteiger partial charge is 0.495 e. The number of methoxy groups -OCH3 is 1. The number of hydrogen-bond acceptors (Lipinski definition) is 4. The van der Waals surface area contributed by atoms with E-state index in [1.54, 1.807) is 19.2 Å². The molecule has 1 aliphatic rings. The molecule has 0 aliphatic carbocycles. The molecule has 0 spiro atoms. The van der Waals surface area contributed by atoms with Gasteiger partial charge in [0, 0.05) is 41.8 Å². The summed E-state index contributed by atoms with van der Waals surface area (Å²) in [7, 11) is 5.66. The van der Waals surface area contributed by atoms with Crippen molar-refractivity contribution in [3.05, 3.63) is 131 Å². The molecule has 0 radical (unpaired) electrons. The number of carbonyl (C=O) groups excluding carboxylic acids is 2. The number of hydrogen-bond donors (Lipinski definition) is 1. The molecule has 6 rings (SSSR count). The van der Waals surface area contributed by atoms with E-state index in [1.807, 2.05) is 91.8 Å². The lowest BCUT2D eigenvalue weighted by Gasteiger charge is -2.25. The van der Waals surface area contributed by atoms with Crippen molar-refractivity contribution in [2.45, 2.75) is 19.6 Å². The minimum atomic E-state index is -0.524. The zero-order valence-electron chi connectivity index (χ0n) is 24.6. The standard InChI is InChI=1S/C36H34N4O3/c1-38(2)21-27-18-19-39-22-26-12-7-8-15-32(26)40(23-33(27)39)36(42)30-14-9-13-29(34(30)43-3)25-16-17-28(31(20-25)35(37)41)24-10-5-4-6-11-24/h4-20H,21-23H2,1-3H3,(H2,37,41). The molecule has 1 aliphatic heterocycles. The van der Waals surface area contributed by atoms with Gasteiger partial charge in [0.15, 0.2) is 0 Å². The van der Waals surface area contributed by atoms with Crippen molar-refractivity contribution in [2.75, 3.05) is 26.1 Å². The normalized spacial score (nSPS) is 12.4. The molecule has 0 saturated carbocycles. The van der Waals surface area contributed by atoms with Crippen molar-refractivity contribution in [3.63, 3.8) is 0 Å². The van der Waals surface area contributed by atoms with Crippen LogP contribution >= 0.6 is 0 Å². The Hall–Kier alpha value is -5.14. The summed E-state index contributed by atoms with van der Waals surface area (Å²) < 4.78 is 8.17. The molecule has 5 aromatic rings. The summed E-state index contributed by atoms with van der Waals surface area (Å²) in [4.78, 5) is 31.1. The number of nitrogens with zero attached hydrogens (tertiary/aromatic N) is 3. The maximum atomic E-state index is 14.5. The zero-order valence-corrected chi connectivity index (χ0v) is 24.6. The first kappa shape index (κ1) is 28.0. The van der Waals surface area contributed by atoms with Crippen LogP contribution in [0, 0.1) is 0 Å². The lowest BCUT2D eigenvalue weighted by atomic mass is 9.93. The van der Waals surface area contributed by atoms with Crippen molar-refractivity contribution in [1.29, 1.82) is 0 Å². The van der Waals surface area contributed by atoms with E-state index in [-0.39, 0.29) is 5.91 Å². The minimum Gasteiger partial charge on any atom is -0.495 e. The summed E-state index contributed by atoms with van der Waals surface area (Å²) in [6.07, 6.45) is 2.11. The lowest BCUT2D eigenvalue weighted by Crippen LogP contribution is -2.31. The number of fused-ring (bicyclic) bond motifs is 2. The molecule has 0 fully saturated rings. The van der Waals surface area contributed by atoms with E-state index < -0.39 is 5.91 Å². The highest BCUT2D eigenvalue weighted by atomic mass is 16.5. The number of anilines is 1. The molecule has 1 aromatic heterocycles. The van der Waals surface area contributed by atoms with Gasteiger partial charge >= 0.3 is 0 Å². The molecule has 7 heteroatoms. The number of ether oxygens (including phenoxy) is 1. The molecule has 43 heavy (non-hydrogen) atoms. The summed E-state index contributed by atoms with van der Waals surface area (Å²) in [6.45, 7) is 1.89. The fourth-order valence-corrected chi connectivity index (χ4v) is 5.97. The minimum absolute atomic E-state index is 0.160. The van der Waals surface area contributed by atoms with Crippen molar-refractivity contribution in [3.8, 4) is 28.0 Å². The van der Waals surface area contributed by atoms with Crippen LogP contribution in [0.25, 0.3) is 22.3 Å². The second kappa shape index (κ2) is 11.6. The molecule has 0 atom stereocenters. The van der Waals surface area contributed by atoms with Gasteiger partial charge in [0.25, 0.3) is 5.91 Å². The highest BCUT2D eigenvalue weighted by Crippen LogP contribution is 2.38. The monoisotopic (exact) mass is 570 g/mol. The van der Waals surface area contributed by atoms with Crippen LogP contribution in [0.15, 0.2) is 103 Å². The predicted octanol–water partition coefficient (Wildman–Crippen LogP) is 6.20. The Morgan fingerprint density at radius 1 is 0.814 bits per heavy atom. The summed E-state index contributed by atoms with van der Waals surface area (Å²) in [6, 6.07) is 31.0. The Kier molecular flexibility index (Phi) is 7.57. The van der Waals surface area contributed by atoms with Gasteiger partial charge in [-0.1, -0.05) is 72.8 Å². The molecular formula is C36H34N4O3. The van der Waals surface area contributed by atoms with Gasteiger partial charge in [0.2, 0.25) is 5.91 Å². The number of amides is 2. The molecule has 7 nitrogen and oxygen atoms in total. The molecule has 0 bridgehead atoms. The van der Waals surface area contributed by atoms with Crippen molar-refractivity contribution >= 4 is 17.5 Å². The van der Waals surface area contributed by atoms with E-state index in [0.717, 1.165) is 40.2 Å². The molecule has 4 aromatic carbocycles. The van der Waals surface area contributed by atoms with Gasteiger partial charge in [0.05, 0.1) is 19.2 Å². The maximum absolute atomic E-state index is 14.5. The van der Waals surface area contributed by atoms with Crippen LogP contribution in [0.5, 0.6) is 5.75 Å². The van der Waals surface area contributed by atoms with Gasteiger partial charge in [-0.05, 0) is 66.2 Å². The smallest absolute Gasteiger partial charge is 0.262 e. The molecule has 2 amide bonds. The van der Waals surface area contributed by atoms with Gasteiger partial charge in [-0.2, -0.15) is 0 Å². The highest BCUT2D eigenvalue weighted by molar-refractivity contribution is 6.10. The van der Waals surface area contributed by atoms with E-state index in [2.05, 4.69) is 27.8 Å². The molecule has 0 saturated heterocycles. The van der Waals surface area contributed by atoms with Gasteiger partial charge in [-0.3, -0.25) is 9.59 Å². The van der Waals surface area contributed by atoms with Gasteiger partial charge in [0.1, 0.15) is 5.75 Å². The number of benzene rings is 4. The Balaban J connectivity index is 1.44. The first-order valence-corrected chi connectivity index (χ1v) is 14.2. The highest BCUT2D eigenvalue weighted by Gasteiger charge is 2.29. The second-order valence-electron chi connectivity index (χ2n) is 11.1. The van der Waals surface area contributed by atoms with Gasteiger partial charge in [-0.15, -0.1) is 0 Å². The van der Waals surface area contributed by atoms with Crippen LogP contribution in [-0.4, -0.2) is 42.5 Å².